The second kappa shape index (κ2) is 10.7. The maximum absolute atomic E-state index is 13.8. The first-order chi connectivity index (χ1) is 20.1. The van der Waals surface area contributed by atoms with Gasteiger partial charge in [0.05, 0.1) is 10.7 Å². The van der Waals surface area contributed by atoms with Gasteiger partial charge in [0.25, 0.3) is 5.56 Å². The highest BCUT2D eigenvalue weighted by atomic mass is 35.5. The third kappa shape index (κ3) is 5.02. The Bertz CT molecular complexity index is 1950. The molecule has 1 unspecified atom stereocenters. The van der Waals surface area contributed by atoms with Gasteiger partial charge in [-0.25, -0.2) is 13.8 Å². The number of carboxylic acids is 1. The van der Waals surface area contributed by atoms with Gasteiger partial charge in [-0.2, -0.15) is 0 Å². The minimum atomic E-state index is -1.04. The Balaban J connectivity index is 1.38. The van der Waals surface area contributed by atoms with E-state index in [9.17, 15) is 18.4 Å². The highest BCUT2D eigenvalue weighted by Crippen LogP contribution is 2.38. The second-order valence-corrected chi connectivity index (χ2v) is 10.8. The number of aliphatic carboxylic acids is 1. The minimum Gasteiger partial charge on any atom is -0.481 e. The fourth-order valence-electron chi connectivity index (χ4n) is 5.18. The first-order valence-corrected chi connectivity index (χ1v) is 13.7. The number of carbonyl (C=O) groups is 1. The molecule has 1 aliphatic heterocycles. The molecule has 0 radical (unpaired) electrons. The summed E-state index contributed by atoms with van der Waals surface area (Å²) >= 11 is 6.95. The lowest BCUT2D eigenvalue weighted by atomic mass is 9.94. The van der Waals surface area contributed by atoms with Crippen molar-refractivity contribution >= 4 is 45.2 Å². The monoisotopic (exact) mass is 591 g/mol. The highest BCUT2D eigenvalue weighted by Gasteiger charge is 2.41. The number of pyridine rings is 1. The number of fused-ring (bicyclic) bond motifs is 2. The molecule has 8 nitrogen and oxygen atoms in total. The summed E-state index contributed by atoms with van der Waals surface area (Å²) < 4.78 is 34.6. The van der Waals surface area contributed by atoms with E-state index in [-0.39, 0.29) is 17.9 Å². The van der Waals surface area contributed by atoms with Crippen LogP contribution in [-0.2, 0) is 21.7 Å². The van der Waals surface area contributed by atoms with Gasteiger partial charge in [-0.3, -0.25) is 14.2 Å². The van der Waals surface area contributed by atoms with Crippen molar-refractivity contribution in [2.45, 2.75) is 44.6 Å². The summed E-state index contributed by atoms with van der Waals surface area (Å²) in [5.41, 5.74) is 1.62. The van der Waals surface area contributed by atoms with E-state index in [4.69, 9.17) is 26.0 Å². The molecule has 0 saturated heterocycles. The van der Waals surface area contributed by atoms with Gasteiger partial charge in [-0.05, 0) is 74.7 Å². The van der Waals surface area contributed by atoms with Crippen LogP contribution in [0.5, 0.6) is 0 Å². The van der Waals surface area contributed by atoms with Crippen LogP contribution in [0.25, 0.3) is 27.6 Å². The van der Waals surface area contributed by atoms with Gasteiger partial charge >= 0.3 is 5.97 Å². The average Bonchev–Trinajstić information content (AvgIpc) is 3.58. The molecule has 1 atom stereocenters. The number of aromatic nitrogens is 2. The van der Waals surface area contributed by atoms with Crippen LogP contribution in [0.3, 0.4) is 0 Å². The van der Waals surface area contributed by atoms with E-state index >= 15 is 0 Å². The molecular formula is C31H24ClF2N3O5. The zero-order chi connectivity index (χ0) is 29.6. The number of oxazole rings is 1. The topological polar surface area (TPSA) is 107 Å². The van der Waals surface area contributed by atoms with Gasteiger partial charge in [0, 0.05) is 46.6 Å². The molecule has 214 valence electrons. The van der Waals surface area contributed by atoms with Crippen molar-refractivity contribution in [3.8, 4) is 5.69 Å². The van der Waals surface area contributed by atoms with Crippen LogP contribution in [0.1, 0.15) is 49.8 Å². The van der Waals surface area contributed by atoms with E-state index in [1.807, 2.05) is 0 Å². The quantitative estimate of drug-likeness (QED) is 0.197. The van der Waals surface area contributed by atoms with Crippen LogP contribution in [0.4, 0.5) is 8.78 Å². The van der Waals surface area contributed by atoms with Crippen molar-refractivity contribution in [1.82, 2.24) is 9.55 Å². The Kier molecular flexibility index (Phi) is 7.02. The number of hydrogen-bond acceptors (Lipinski definition) is 6. The number of nitrogens with zero attached hydrogens (tertiary/aromatic N) is 3. The predicted octanol–water partition coefficient (Wildman–Crippen LogP) is 6.90. The van der Waals surface area contributed by atoms with Gasteiger partial charge in [0.1, 0.15) is 17.2 Å². The van der Waals surface area contributed by atoms with Crippen molar-refractivity contribution in [3.63, 3.8) is 0 Å². The minimum absolute atomic E-state index is 0.0102. The maximum Gasteiger partial charge on any atom is 0.303 e. The van der Waals surface area contributed by atoms with Crippen LogP contribution in [0.2, 0.25) is 5.02 Å². The molecule has 0 bridgehead atoms. The summed E-state index contributed by atoms with van der Waals surface area (Å²) in [6, 6.07) is 14.8. The molecule has 0 fully saturated rings. The molecule has 0 aliphatic carbocycles. The van der Waals surface area contributed by atoms with Crippen molar-refractivity contribution in [2.75, 3.05) is 0 Å². The predicted molar refractivity (Wildman–Crippen MR) is 153 cm³/mol. The largest absolute Gasteiger partial charge is 0.481 e. The lowest BCUT2D eigenvalue weighted by Gasteiger charge is -2.18. The molecule has 1 aliphatic rings. The summed E-state index contributed by atoms with van der Waals surface area (Å²) in [6.07, 6.45) is 1.49. The zero-order valence-electron chi connectivity index (χ0n) is 22.4. The Hall–Kier alpha value is -4.57. The van der Waals surface area contributed by atoms with Gasteiger partial charge in [-0.1, -0.05) is 22.8 Å². The van der Waals surface area contributed by atoms with E-state index in [1.165, 1.54) is 47.0 Å². The zero-order valence-corrected chi connectivity index (χ0v) is 23.1. The summed E-state index contributed by atoms with van der Waals surface area (Å²) in [5, 5.41) is 14.5. The lowest BCUT2D eigenvalue weighted by molar-refractivity contribution is -0.137. The Morgan fingerprint density at radius 2 is 1.81 bits per heavy atom. The van der Waals surface area contributed by atoms with E-state index in [0.29, 0.717) is 75.2 Å². The van der Waals surface area contributed by atoms with Crippen LogP contribution in [0, 0.1) is 11.6 Å². The average molecular weight is 592 g/mol. The Morgan fingerprint density at radius 3 is 2.57 bits per heavy atom. The van der Waals surface area contributed by atoms with Gasteiger partial charge in [0.15, 0.2) is 5.58 Å². The summed E-state index contributed by atoms with van der Waals surface area (Å²) in [5.74, 6) is -1.53. The molecule has 5 aromatic rings. The number of halogens is 3. The normalized spacial score (nSPS) is 16.6. The molecule has 0 spiro atoms. The molecule has 11 heteroatoms. The second-order valence-electron chi connectivity index (χ2n) is 10.4. The summed E-state index contributed by atoms with van der Waals surface area (Å²) in [4.78, 5) is 35.0. The molecule has 2 aromatic heterocycles. The van der Waals surface area contributed by atoms with E-state index < -0.39 is 23.2 Å². The van der Waals surface area contributed by atoms with E-state index in [2.05, 4.69) is 10.1 Å². The molecular weight excluding hydrogens is 568 g/mol. The lowest BCUT2D eigenvalue weighted by Crippen LogP contribution is -2.24. The summed E-state index contributed by atoms with van der Waals surface area (Å²) in [6.45, 7) is 1.77. The Morgan fingerprint density at radius 1 is 1.05 bits per heavy atom. The number of benzene rings is 3. The Labute approximate surface area is 242 Å². The van der Waals surface area contributed by atoms with Crippen LogP contribution in [0.15, 0.2) is 75.0 Å². The van der Waals surface area contributed by atoms with Gasteiger partial charge in [-0.15, -0.1) is 0 Å². The first kappa shape index (κ1) is 27.6. The molecule has 3 heterocycles. The maximum atomic E-state index is 13.8. The fourth-order valence-corrected chi connectivity index (χ4v) is 5.51. The van der Waals surface area contributed by atoms with Gasteiger partial charge in [0.2, 0.25) is 11.5 Å². The summed E-state index contributed by atoms with van der Waals surface area (Å²) in [7, 11) is 0. The number of oxime groups is 1. The fraction of sp³-hybridized carbons (Fsp3) is 0.226. The third-order valence-corrected chi connectivity index (χ3v) is 7.77. The molecule has 0 amide bonds. The third-order valence-electron chi connectivity index (χ3n) is 7.35. The number of carboxylic acid groups (broad SMARTS) is 1. The van der Waals surface area contributed by atoms with Crippen LogP contribution < -0.4 is 5.56 Å². The van der Waals surface area contributed by atoms with Gasteiger partial charge < -0.3 is 14.4 Å². The smallest absolute Gasteiger partial charge is 0.303 e. The van der Waals surface area contributed by atoms with Crippen molar-refractivity contribution in [2.24, 2.45) is 5.16 Å². The molecule has 42 heavy (non-hydrogen) atoms. The van der Waals surface area contributed by atoms with Crippen molar-refractivity contribution in [1.29, 1.82) is 0 Å². The first-order valence-electron chi connectivity index (χ1n) is 13.3. The SMILES string of the molecule is CC1(c2nc3ccc(F)cc3o2)CC(c2ccc3c(=O)n(-c4ccc(F)cc4)c(CCCCC(=O)O)c(Cl)c3c2)=NO1. The van der Waals surface area contributed by atoms with E-state index in [0.717, 1.165) is 0 Å². The van der Waals surface area contributed by atoms with Crippen LogP contribution >= 0.6 is 11.6 Å². The number of unbranched alkanes of at least 4 members (excludes halogenated alkanes) is 1. The molecule has 0 saturated carbocycles. The van der Waals surface area contributed by atoms with E-state index in [1.54, 1.807) is 25.1 Å². The molecule has 6 rings (SSSR count). The molecule has 1 N–H and O–H groups in total. The standard InChI is InChI=1S/C31H24ClF2N3O5/c1-31(30-35-23-13-9-19(34)15-26(23)41-30)16-24(36-42-31)17-6-12-21-22(14-17)28(32)25(4-2-3-5-27(38)39)37(29(21)40)20-10-7-18(33)8-11-20/h6-15H,2-5,16H2,1H3,(H,38,39). The van der Waals surface area contributed by atoms with Crippen LogP contribution in [-0.4, -0.2) is 26.3 Å². The number of hydrogen-bond donors (Lipinski definition) is 1. The molecule has 3 aromatic carbocycles. The highest BCUT2D eigenvalue weighted by molar-refractivity contribution is 6.36. The van der Waals surface area contributed by atoms with Crippen molar-refractivity contribution < 1.29 is 27.9 Å². The van der Waals surface area contributed by atoms with Crippen molar-refractivity contribution in [3.05, 3.63) is 105 Å². The number of rotatable bonds is 8.